The summed E-state index contributed by atoms with van der Waals surface area (Å²) >= 11 is 0. The molecule has 0 fully saturated rings. The maximum absolute atomic E-state index is 14.0. The van der Waals surface area contributed by atoms with Gasteiger partial charge in [0.05, 0.1) is 17.2 Å². The number of aromatic nitrogens is 1. The van der Waals surface area contributed by atoms with Crippen LogP contribution in [-0.4, -0.2) is 10.8 Å². The Morgan fingerprint density at radius 3 is 2.23 bits per heavy atom. The van der Waals surface area contributed by atoms with Crippen molar-refractivity contribution >= 4 is 5.78 Å². The zero-order valence-electron chi connectivity index (χ0n) is 11.8. The molecule has 0 amide bonds. The number of rotatable bonds is 4. The van der Waals surface area contributed by atoms with E-state index in [9.17, 15) is 9.18 Å². The van der Waals surface area contributed by atoms with E-state index in [1.807, 2.05) is 36.4 Å². The van der Waals surface area contributed by atoms with Crippen LogP contribution in [0.4, 0.5) is 4.39 Å². The minimum absolute atomic E-state index is 0.0852. The van der Waals surface area contributed by atoms with Crippen molar-refractivity contribution in [3.05, 3.63) is 102 Å². The van der Waals surface area contributed by atoms with Crippen molar-refractivity contribution in [2.45, 2.75) is 5.92 Å². The third-order valence-corrected chi connectivity index (χ3v) is 3.52. The van der Waals surface area contributed by atoms with Crippen LogP contribution in [0.3, 0.4) is 0 Å². The first-order chi connectivity index (χ1) is 10.8. The first-order valence-corrected chi connectivity index (χ1v) is 7.02. The summed E-state index contributed by atoms with van der Waals surface area (Å²) in [5, 5.41) is 0. The summed E-state index contributed by atoms with van der Waals surface area (Å²) in [7, 11) is 0. The number of Topliss-reactive ketones (excluding diaryl/α,β-unsaturated/α-hetero) is 1. The highest BCUT2D eigenvalue weighted by Gasteiger charge is 2.26. The molecule has 1 heterocycles. The smallest absolute Gasteiger partial charge is 0.179 e. The van der Waals surface area contributed by atoms with Gasteiger partial charge in [-0.2, -0.15) is 0 Å². The fourth-order valence-corrected chi connectivity index (χ4v) is 2.47. The van der Waals surface area contributed by atoms with Gasteiger partial charge in [-0.3, -0.25) is 9.78 Å². The third-order valence-electron chi connectivity index (χ3n) is 3.52. The molecule has 0 aliphatic carbocycles. The molecule has 0 N–H and O–H groups in total. The Morgan fingerprint density at radius 1 is 0.864 bits per heavy atom. The highest BCUT2D eigenvalue weighted by molar-refractivity contribution is 6.03. The van der Waals surface area contributed by atoms with Gasteiger partial charge >= 0.3 is 0 Å². The van der Waals surface area contributed by atoms with E-state index in [2.05, 4.69) is 4.98 Å². The largest absolute Gasteiger partial charge is 0.293 e. The third kappa shape index (κ3) is 2.79. The summed E-state index contributed by atoms with van der Waals surface area (Å²) in [5.41, 5.74) is 1.50. The van der Waals surface area contributed by atoms with Crippen molar-refractivity contribution in [3.8, 4) is 0 Å². The van der Waals surface area contributed by atoms with Crippen LogP contribution in [0.2, 0.25) is 0 Å². The molecule has 0 saturated carbocycles. The SMILES string of the molecule is O=C(c1ccccc1F)[C@@H](c1ccccc1)c1ccccn1. The maximum atomic E-state index is 14.0. The molecule has 22 heavy (non-hydrogen) atoms. The van der Waals surface area contributed by atoms with E-state index < -0.39 is 11.7 Å². The van der Waals surface area contributed by atoms with Crippen LogP contribution in [0.15, 0.2) is 79.0 Å². The molecule has 0 spiro atoms. The highest BCUT2D eigenvalue weighted by Crippen LogP contribution is 2.28. The number of hydrogen-bond acceptors (Lipinski definition) is 2. The van der Waals surface area contributed by atoms with E-state index in [1.165, 1.54) is 12.1 Å². The first kappa shape index (κ1) is 14.1. The van der Waals surface area contributed by atoms with E-state index in [4.69, 9.17) is 0 Å². The number of ketones is 1. The van der Waals surface area contributed by atoms with Gasteiger partial charge in [-0.1, -0.05) is 48.5 Å². The fourth-order valence-electron chi connectivity index (χ4n) is 2.47. The van der Waals surface area contributed by atoms with Gasteiger partial charge in [-0.15, -0.1) is 0 Å². The van der Waals surface area contributed by atoms with Gasteiger partial charge in [0.1, 0.15) is 5.82 Å². The van der Waals surface area contributed by atoms with Crippen molar-refractivity contribution in [1.29, 1.82) is 0 Å². The van der Waals surface area contributed by atoms with E-state index in [0.717, 1.165) is 5.56 Å². The molecule has 2 nitrogen and oxygen atoms in total. The Bertz CT molecular complexity index is 732. The van der Waals surface area contributed by atoms with Gasteiger partial charge in [0.15, 0.2) is 5.78 Å². The Kier molecular flexibility index (Phi) is 4.05. The normalized spacial score (nSPS) is 11.9. The van der Waals surface area contributed by atoms with E-state index in [-0.39, 0.29) is 11.3 Å². The van der Waals surface area contributed by atoms with Gasteiger partial charge in [0.2, 0.25) is 0 Å². The Morgan fingerprint density at radius 2 is 1.55 bits per heavy atom. The Balaban J connectivity index is 2.11. The number of halogens is 1. The van der Waals surface area contributed by atoms with Gasteiger partial charge < -0.3 is 0 Å². The Hall–Kier alpha value is -2.81. The molecule has 3 aromatic rings. The number of pyridine rings is 1. The molecule has 0 aliphatic rings. The average Bonchev–Trinajstić information content (AvgIpc) is 2.57. The lowest BCUT2D eigenvalue weighted by Crippen LogP contribution is -2.17. The minimum Gasteiger partial charge on any atom is -0.293 e. The number of benzene rings is 2. The Labute approximate surface area is 128 Å². The molecule has 108 valence electrons. The molecule has 3 heteroatoms. The highest BCUT2D eigenvalue weighted by atomic mass is 19.1. The van der Waals surface area contributed by atoms with Crippen LogP contribution >= 0.6 is 0 Å². The van der Waals surface area contributed by atoms with Crippen LogP contribution in [-0.2, 0) is 0 Å². The van der Waals surface area contributed by atoms with Crippen molar-refractivity contribution < 1.29 is 9.18 Å². The summed E-state index contributed by atoms with van der Waals surface area (Å²) in [6, 6.07) is 20.8. The summed E-state index contributed by atoms with van der Waals surface area (Å²) in [6.45, 7) is 0. The summed E-state index contributed by atoms with van der Waals surface area (Å²) in [6.07, 6.45) is 1.64. The van der Waals surface area contributed by atoms with E-state index in [1.54, 1.807) is 30.5 Å². The predicted molar refractivity (Wildman–Crippen MR) is 83.3 cm³/mol. The lowest BCUT2D eigenvalue weighted by atomic mass is 9.87. The molecule has 1 aromatic heterocycles. The molecule has 0 radical (unpaired) electrons. The van der Waals surface area contributed by atoms with Gasteiger partial charge in [-0.05, 0) is 29.8 Å². The molecule has 2 aromatic carbocycles. The maximum Gasteiger partial charge on any atom is 0.179 e. The summed E-state index contributed by atoms with van der Waals surface area (Å²) in [4.78, 5) is 17.2. The molecular formula is C19H14FNO. The van der Waals surface area contributed by atoms with Crippen LogP contribution < -0.4 is 0 Å². The standard InChI is InChI=1S/C19H14FNO/c20-16-11-5-4-10-15(16)19(22)18(14-8-2-1-3-9-14)17-12-6-7-13-21-17/h1-13,18H/t18-/m0/s1. The lowest BCUT2D eigenvalue weighted by Gasteiger charge is -2.16. The summed E-state index contributed by atoms with van der Waals surface area (Å²) in [5.74, 6) is -1.41. The van der Waals surface area contributed by atoms with Crippen LogP contribution in [0, 0.1) is 5.82 Å². The monoisotopic (exact) mass is 291 g/mol. The van der Waals surface area contributed by atoms with Crippen molar-refractivity contribution in [1.82, 2.24) is 4.98 Å². The van der Waals surface area contributed by atoms with Crippen molar-refractivity contribution in [2.75, 3.05) is 0 Å². The van der Waals surface area contributed by atoms with E-state index in [0.29, 0.717) is 5.69 Å². The van der Waals surface area contributed by atoms with Gasteiger partial charge in [0, 0.05) is 6.20 Å². The van der Waals surface area contributed by atoms with Crippen LogP contribution in [0.25, 0.3) is 0 Å². The van der Waals surface area contributed by atoms with E-state index >= 15 is 0 Å². The van der Waals surface area contributed by atoms with Gasteiger partial charge in [0.25, 0.3) is 0 Å². The molecule has 1 atom stereocenters. The van der Waals surface area contributed by atoms with Crippen molar-refractivity contribution in [2.24, 2.45) is 0 Å². The topological polar surface area (TPSA) is 30.0 Å². The van der Waals surface area contributed by atoms with Gasteiger partial charge in [-0.25, -0.2) is 4.39 Å². The molecule has 3 rings (SSSR count). The zero-order chi connectivity index (χ0) is 15.4. The number of nitrogens with zero attached hydrogens (tertiary/aromatic N) is 1. The number of carbonyl (C=O) groups is 1. The second-order valence-electron chi connectivity index (χ2n) is 4.94. The van der Waals surface area contributed by atoms with Crippen LogP contribution in [0.5, 0.6) is 0 Å². The number of hydrogen-bond donors (Lipinski definition) is 0. The molecule has 0 saturated heterocycles. The number of carbonyl (C=O) groups excluding carboxylic acids is 1. The molecule has 0 unspecified atom stereocenters. The first-order valence-electron chi connectivity index (χ1n) is 7.02. The molecule has 0 aliphatic heterocycles. The second kappa shape index (κ2) is 6.31. The quantitative estimate of drug-likeness (QED) is 0.673. The second-order valence-corrected chi connectivity index (χ2v) is 4.94. The molecular weight excluding hydrogens is 277 g/mol. The minimum atomic E-state index is -0.612. The zero-order valence-corrected chi connectivity index (χ0v) is 11.8. The van der Waals surface area contributed by atoms with Crippen LogP contribution in [0.1, 0.15) is 27.5 Å². The van der Waals surface area contributed by atoms with Crippen molar-refractivity contribution in [3.63, 3.8) is 0 Å². The average molecular weight is 291 g/mol. The summed E-state index contributed by atoms with van der Waals surface area (Å²) < 4.78 is 14.0. The lowest BCUT2D eigenvalue weighted by molar-refractivity contribution is 0.0968. The predicted octanol–water partition coefficient (Wildman–Crippen LogP) is 4.24. The molecule has 0 bridgehead atoms. The fraction of sp³-hybridized carbons (Fsp3) is 0.0526.